The number of ether oxygens (including phenoxy) is 3. The third kappa shape index (κ3) is 2.78. The number of epoxide rings is 3. The highest BCUT2D eigenvalue weighted by molar-refractivity contribution is 5.14. The molecule has 6 fully saturated rings. The summed E-state index contributed by atoms with van der Waals surface area (Å²) in [5, 5.41) is 0. The van der Waals surface area contributed by atoms with Crippen LogP contribution in [0.4, 0.5) is 0 Å². The zero-order valence-corrected chi connectivity index (χ0v) is 18.6. The SMILES string of the molecule is CC1CC(C(C)(CC2CCC3OC3C2)C2CC(C)C3OC3(C)C2)CC2(C)OC12. The Morgan fingerprint density at radius 2 is 1.39 bits per heavy atom. The summed E-state index contributed by atoms with van der Waals surface area (Å²) in [5.74, 6) is 3.87. The van der Waals surface area contributed by atoms with Gasteiger partial charge < -0.3 is 14.2 Å². The van der Waals surface area contributed by atoms with Crippen LogP contribution in [0.1, 0.15) is 86.0 Å². The van der Waals surface area contributed by atoms with E-state index in [-0.39, 0.29) is 11.2 Å². The van der Waals surface area contributed by atoms with Crippen molar-refractivity contribution < 1.29 is 14.2 Å². The molecular formula is C25H40O3. The van der Waals surface area contributed by atoms with Gasteiger partial charge in [-0.2, -0.15) is 0 Å². The number of rotatable bonds is 4. The molecule has 0 aromatic carbocycles. The van der Waals surface area contributed by atoms with Crippen molar-refractivity contribution in [1.29, 1.82) is 0 Å². The summed E-state index contributed by atoms with van der Waals surface area (Å²) >= 11 is 0. The molecule has 6 aliphatic rings. The van der Waals surface area contributed by atoms with Gasteiger partial charge in [0, 0.05) is 0 Å². The second-order valence-corrected chi connectivity index (χ2v) is 12.5. The minimum atomic E-state index is 0.170. The highest BCUT2D eigenvalue weighted by atomic mass is 16.6. The van der Waals surface area contributed by atoms with Crippen LogP contribution in [0.25, 0.3) is 0 Å². The van der Waals surface area contributed by atoms with Crippen molar-refractivity contribution in [3.8, 4) is 0 Å². The Morgan fingerprint density at radius 3 is 1.89 bits per heavy atom. The molecule has 11 unspecified atom stereocenters. The summed E-state index contributed by atoms with van der Waals surface area (Å²) in [4.78, 5) is 0. The van der Waals surface area contributed by atoms with Gasteiger partial charge in [-0.15, -0.1) is 0 Å². The fourth-order valence-corrected chi connectivity index (χ4v) is 8.53. The zero-order valence-electron chi connectivity index (χ0n) is 18.6. The Bertz CT molecular complexity index is 624. The van der Waals surface area contributed by atoms with E-state index in [0.29, 0.717) is 41.7 Å². The number of hydrogen-bond donors (Lipinski definition) is 0. The van der Waals surface area contributed by atoms with Gasteiger partial charge in [0.25, 0.3) is 0 Å². The molecule has 3 nitrogen and oxygen atoms in total. The molecule has 0 bridgehead atoms. The fourth-order valence-electron chi connectivity index (χ4n) is 8.53. The lowest BCUT2D eigenvalue weighted by atomic mass is 9.53. The van der Waals surface area contributed by atoms with Crippen LogP contribution in [-0.2, 0) is 14.2 Å². The summed E-state index contributed by atoms with van der Waals surface area (Å²) in [5.41, 5.74) is 0.752. The van der Waals surface area contributed by atoms with Crippen LogP contribution >= 0.6 is 0 Å². The fraction of sp³-hybridized carbons (Fsp3) is 1.00. The monoisotopic (exact) mass is 388 g/mol. The summed E-state index contributed by atoms with van der Waals surface area (Å²) in [6, 6.07) is 0. The minimum absolute atomic E-state index is 0.170. The van der Waals surface area contributed by atoms with E-state index in [1.54, 1.807) is 0 Å². The van der Waals surface area contributed by atoms with Crippen LogP contribution in [0.15, 0.2) is 0 Å². The van der Waals surface area contributed by atoms with Crippen LogP contribution < -0.4 is 0 Å². The van der Waals surface area contributed by atoms with Gasteiger partial charge in [-0.05, 0) is 100 Å². The normalized spacial score (nSPS) is 61.4. The van der Waals surface area contributed by atoms with Crippen molar-refractivity contribution in [3.63, 3.8) is 0 Å². The smallest absolute Gasteiger partial charge is 0.0926 e. The third-order valence-electron chi connectivity index (χ3n) is 10.2. The molecule has 0 amide bonds. The largest absolute Gasteiger partial charge is 0.370 e. The van der Waals surface area contributed by atoms with Crippen molar-refractivity contribution in [2.24, 2.45) is 35.0 Å². The first-order chi connectivity index (χ1) is 13.2. The van der Waals surface area contributed by atoms with Gasteiger partial charge in [-0.3, -0.25) is 0 Å². The van der Waals surface area contributed by atoms with E-state index in [1.165, 1.54) is 51.4 Å². The Labute approximate surface area is 171 Å². The lowest BCUT2D eigenvalue weighted by Crippen LogP contribution is -2.47. The van der Waals surface area contributed by atoms with Crippen LogP contribution in [0.2, 0.25) is 0 Å². The topological polar surface area (TPSA) is 37.6 Å². The van der Waals surface area contributed by atoms with Gasteiger partial charge in [0.2, 0.25) is 0 Å². The van der Waals surface area contributed by atoms with E-state index in [1.807, 2.05) is 0 Å². The van der Waals surface area contributed by atoms with Gasteiger partial charge in [0.05, 0.1) is 35.6 Å². The minimum Gasteiger partial charge on any atom is -0.370 e. The van der Waals surface area contributed by atoms with Crippen LogP contribution in [0, 0.1) is 35.0 Å². The lowest BCUT2D eigenvalue weighted by Gasteiger charge is -2.51. The molecule has 6 rings (SSSR count). The predicted molar refractivity (Wildman–Crippen MR) is 109 cm³/mol. The molecule has 0 radical (unpaired) electrons. The van der Waals surface area contributed by atoms with Crippen LogP contribution in [-0.4, -0.2) is 35.6 Å². The van der Waals surface area contributed by atoms with Crippen molar-refractivity contribution in [2.45, 2.75) is 122 Å². The number of fused-ring (bicyclic) bond motifs is 3. The maximum absolute atomic E-state index is 6.23. The van der Waals surface area contributed by atoms with Crippen LogP contribution in [0.3, 0.4) is 0 Å². The molecule has 3 heterocycles. The van der Waals surface area contributed by atoms with E-state index >= 15 is 0 Å². The van der Waals surface area contributed by atoms with Gasteiger partial charge in [-0.25, -0.2) is 0 Å². The van der Waals surface area contributed by atoms with Gasteiger partial charge >= 0.3 is 0 Å². The Balaban J connectivity index is 1.28. The van der Waals surface area contributed by atoms with Crippen molar-refractivity contribution in [2.75, 3.05) is 0 Å². The Kier molecular flexibility index (Phi) is 3.84. The van der Waals surface area contributed by atoms with E-state index in [9.17, 15) is 0 Å². The maximum atomic E-state index is 6.23. The highest BCUT2D eigenvalue weighted by Gasteiger charge is 2.65. The average Bonchev–Trinajstić information content (AvgIpc) is 3.50. The molecule has 11 atom stereocenters. The van der Waals surface area contributed by atoms with Crippen molar-refractivity contribution in [3.05, 3.63) is 0 Å². The number of hydrogen-bond acceptors (Lipinski definition) is 3. The molecule has 3 saturated heterocycles. The van der Waals surface area contributed by atoms with Crippen LogP contribution in [0.5, 0.6) is 0 Å². The molecule has 3 aliphatic heterocycles. The van der Waals surface area contributed by atoms with Crippen molar-refractivity contribution >= 4 is 0 Å². The second kappa shape index (κ2) is 5.77. The molecule has 158 valence electrons. The Morgan fingerprint density at radius 1 is 0.821 bits per heavy atom. The third-order valence-corrected chi connectivity index (χ3v) is 10.2. The summed E-state index contributed by atoms with van der Waals surface area (Å²) in [6.45, 7) is 12.3. The summed E-state index contributed by atoms with van der Waals surface area (Å²) < 4.78 is 18.3. The molecule has 0 N–H and O–H groups in total. The molecule has 0 aromatic rings. The first kappa shape index (κ1) is 18.6. The molecule has 0 aromatic heterocycles. The maximum Gasteiger partial charge on any atom is 0.0926 e. The summed E-state index contributed by atoms with van der Waals surface area (Å²) in [6.07, 6.45) is 13.0. The van der Waals surface area contributed by atoms with E-state index < -0.39 is 0 Å². The molecule has 3 heteroatoms. The standard InChI is InChI=1S/C25H40O3/c1-14-8-17(12-24(4)21(14)27-24)23(3,11-16-6-7-19-20(10-16)26-19)18-9-15(2)22-25(5,13-18)28-22/h14-22H,6-13H2,1-5H3. The molecule has 0 spiro atoms. The second-order valence-electron chi connectivity index (χ2n) is 12.5. The van der Waals surface area contributed by atoms with Gasteiger partial charge in [0.1, 0.15) is 0 Å². The van der Waals surface area contributed by atoms with E-state index in [4.69, 9.17) is 14.2 Å². The first-order valence-electron chi connectivity index (χ1n) is 12.2. The molecular weight excluding hydrogens is 348 g/mol. The van der Waals surface area contributed by atoms with Crippen molar-refractivity contribution in [1.82, 2.24) is 0 Å². The lowest BCUT2D eigenvalue weighted by molar-refractivity contribution is -0.00963. The molecule has 3 saturated carbocycles. The van der Waals surface area contributed by atoms with E-state index in [0.717, 1.165) is 17.8 Å². The molecule has 3 aliphatic carbocycles. The van der Waals surface area contributed by atoms with Gasteiger partial charge in [0.15, 0.2) is 0 Å². The Hall–Kier alpha value is -0.120. The van der Waals surface area contributed by atoms with Gasteiger partial charge in [-0.1, -0.05) is 20.8 Å². The quantitative estimate of drug-likeness (QED) is 0.609. The first-order valence-corrected chi connectivity index (χ1v) is 12.2. The van der Waals surface area contributed by atoms with E-state index in [2.05, 4.69) is 34.6 Å². The summed E-state index contributed by atoms with van der Waals surface area (Å²) in [7, 11) is 0. The average molecular weight is 389 g/mol. The molecule has 28 heavy (non-hydrogen) atoms. The zero-order chi connectivity index (χ0) is 19.5. The highest BCUT2D eigenvalue weighted by Crippen LogP contribution is 2.64. The predicted octanol–water partition coefficient (Wildman–Crippen LogP) is 5.36.